The van der Waals surface area contributed by atoms with Crippen LogP contribution in [0.3, 0.4) is 0 Å². The Morgan fingerprint density at radius 2 is 2.00 bits per heavy atom. The van der Waals surface area contributed by atoms with Gasteiger partial charge in [0.1, 0.15) is 17.0 Å². The predicted octanol–water partition coefficient (Wildman–Crippen LogP) is 1.36. The van der Waals surface area contributed by atoms with E-state index in [0.29, 0.717) is 11.4 Å². The fraction of sp³-hybridized carbons (Fsp3) is 0.286. The Bertz CT molecular complexity index is 685. The van der Waals surface area contributed by atoms with E-state index in [1.807, 2.05) is 6.07 Å². The van der Waals surface area contributed by atoms with Gasteiger partial charge in [-0.2, -0.15) is 0 Å². The molecule has 0 amide bonds. The Balaban J connectivity index is 2.59. The summed E-state index contributed by atoms with van der Waals surface area (Å²) in [5, 5.41) is 0. The van der Waals surface area contributed by atoms with Crippen molar-refractivity contribution in [3.8, 4) is 11.4 Å². The van der Waals surface area contributed by atoms with Crippen molar-refractivity contribution in [2.24, 2.45) is 7.05 Å². The first-order valence-electron chi connectivity index (χ1n) is 6.19. The van der Waals surface area contributed by atoms with Gasteiger partial charge in [0.15, 0.2) is 0 Å². The molecule has 0 spiro atoms. The highest BCUT2D eigenvalue weighted by Gasteiger charge is 2.19. The van der Waals surface area contributed by atoms with E-state index in [-0.39, 0.29) is 12.2 Å². The molecule has 0 aliphatic heterocycles. The van der Waals surface area contributed by atoms with Crippen LogP contribution in [0.2, 0.25) is 0 Å². The summed E-state index contributed by atoms with van der Waals surface area (Å²) in [6.07, 6.45) is 1.45. The largest absolute Gasteiger partial charge is 0.494 e. The Labute approximate surface area is 116 Å². The summed E-state index contributed by atoms with van der Waals surface area (Å²) in [7, 11) is 3.20. The van der Waals surface area contributed by atoms with Crippen LogP contribution in [0.25, 0.3) is 5.69 Å². The Morgan fingerprint density at radius 3 is 2.65 bits per heavy atom. The van der Waals surface area contributed by atoms with Crippen molar-refractivity contribution >= 4 is 5.97 Å². The number of aryl methyl sites for hydroxylation is 1. The second kappa shape index (κ2) is 5.64. The lowest BCUT2D eigenvalue weighted by molar-refractivity contribution is 0.0524. The SMILES string of the molecule is CCOC(=O)c1cn(C)n(-c2ccccc2OC)c1=O. The topological polar surface area (TPSA) is 62.5 Å². The normalized spacial score (nSPS) is 10.3. The molecule has 1 heterocycles. The van der Waals surface area contributed by atoms with Gasteiger partial charge in [0.25, 0.3) is 5.56 Å². The molecule has 1 aromatic heterocycles. The minimum absolute atomic E-state index is 0.000237. The second-order valence-electron chi connectivity index (χ2n) is 4.13. The smallest absolute Gasteiger partial charge is 0.345 e. The molecule has 0 saturated carbocycles. The molecule has 1 aromatic carbocycles. The van der Waals surface area contributed by atoms with Crippen molar-refractivity contribution in [3.05, 3.63) is 46.4 Å². The molecule has 0 saturated heterocycles. The van der Waals surface area contributed by atoms with Crippen molar-refractivity contribution < 1.29 is 14.3 Å². The number of nitrogens with zero attached hydrogens (tertiary/aromatic N) is 2. The van der Waals surface area contributed by atoms with E-state index < -0.39 is 11.5 Å². The summed E-state index contributed by atoms with van der Waals surface area (Å²) in [5.74, 6) is -0.0760. The fourth-order valence-corrected chi connectivity index (χ4v) is 1.99. The van der Waals surface area contributed by atoms with Crippen LogP contribution in [-0.4, -0.2) is 29.0 Å². The summed E-state index contributed by atoms with van der Waals surface area (Å²) in [5.41, 5.74) is 0.133. The van der Waals surface area contributed by atoms with Crippen LogP contribution in [0.15, 0.2) is 35.3 Å². The van der Waals surface area contributed by atoms with Crippen LogP contribution in [0.5, 0.6) is 5.75 Å². The van der Waals surface area contributed by atoms with E-state index in [4.69, 9.17) is 9.47 Å². The van der Waals surface area contributed by atoms with Crippen molar-refractivity contribution in [2.75, 3.05) is 13.7 Å². The summed E-state index contributed by atoms with van der Waals surface area (Å²) >= 11 is 0. The lowest BCUT2D eigenvalue weighted by atomic mass is 10.3. The van der Waals surface area contributed by atoms with E-state index in [0.717, 1.165) is 0 Å². The van der Waals surface area contributed by atoms with Crippen LogP contribution in [0.4, 0.5) is 0 Å². The molecule has 0 bridgehead atoms. The molecule has 2 aromatic rings. The highest BCUT2D eigenvalue weighted by atomic mass is 16.5. The van der Waals surface area contributed by atoms with Gasteiger partial charge in [-0.3, -0.25) is 9.48 Å². The number of carbonyl (C=O) groups is 1. The van der Waals surface area contributed by atoms with Crippen LogP contribution in [0, 0.1) is 0 Å². The van der Waals surface area contributed by atoms with Crippen LogP contribution in [-0.2, 0) is 11.8 Å². The Morgan fingerprint density at radius 1 is 1.30 bits per heavy atom. The van der Waals surface area contributed by atoms with Gasteiger partial charge in [-0.1, -0.05) is 12.1 Å². The van der Waals surface area contributed by atoms with Gasteiger partial charge < -0.3 is 9.47 Å². The molecule has 0 unspecified atom stereocenters. The number of hydrogen-bond donors (Lipinski definition) is 0. The number of methoxy groups -OCH3 is 1. The molecule has 0 radical (unpaired) electrons. The van der Waals surface area contributed by atoms with Gasteiger partial charge in [0.2, 0.25) is 0 Å². The van der Waals surface area contributed by atoms with Gasteiger partial charge in [-0.05, 0) is 19.1 Å². The number of aromatic nitrogens is 2. The summed E-state index contributed by atoms with van der Waals surface area (Å²) in [6.45, 7) is 1.92. The highest BCUT2D eigenvalue weighted by Crippen LogP contribution is 2.20. The van der Waals surface area contributed by atoms with Crippen molar-refractivity contribution in [2.45, 2.75) is 6.92 Å². The first-order chi connectivity index (χ1) is 9.60. The molecule has 0 aliphatic carbocycles. The van der Waals surface area contributed by atoms with E-state index in [9.17, 15) is 9.59 Å². The Kier molecular flexibility index (Phi) is 3.93. The first kappa shape index (κ1) is 13.9. The minimum Gasteiger partial charge on any atom is -0.494 e. The number of rotatable bonds is 4. The summed E-state index contributed by atoms with van der Waals surface area (Å²) < 4.78 is 13.0. The summed E-state index contributed by atoms with van der Waals surface area (Å²) in [4.78, 5) is 24.1. The fourth-order valence-electron chi connectivity index (χ4n) is 1.99. The molecule has 20 heavy (non-hydrogen) atoms. The van der Waals surface area contributed by atoms with Crippen LogP contribution in [0.1, 0.15) is 17.3 Å². The molecule has 6 nitrogen and oxygen atoms in total. The monoisotopic (exact) mass is 276 g/mol. The number of carbonyl (C=O) groups excluding carboxylic acids is 1. The Hall–Kier alpha value is -2.50. The maximum absolute atomic E-state index is 12.4. The zero-order valence-electron chi connectivity index (χ0n) is 11.6. The maximum Gasteiger partial charge on any atom is 0.345 e. The third-order valence-corrected chi connectivity index (χ3v) is 2.86. The van der Waals surface area contributed by atoms with Crippen molar-refractivity contribution in [1.29, 1.82) is 0 Å². The second-order valence-corrected chi connectivity index (χ2v) is 4.13. The number of ether oxygens (including phenoxy) is 2. The number of benzene rings is 1. The lowest BCUT2D eigenvalue weighted by Gasteiger charge is -2.10. The average molecular weight is 276 g/mol. The third-order valence-electron chi connectivity index (χ3n) is 2.86. The molecule has 106 valence electrons. The van der Waals surface area contributed by atoms with E-state index in [1.54, 1.807) is 32.2 Å². The maximum atomic E-state index is 12.4. The molecule has 2 rings (SSSR count). The zero-order valence-corrected chi connectivity index (χ0v) is 11.6. The molecule has 0 aliphatic rings. The van der Waals surface area contributed by atoms with E-state index in [1.165, 1.54) is 22.7 Å². The zero-order chi connectivity index (χ0) is 14.7. The number of esters is 1. The summed E-state index contributed by atoms with van der Waals surface area (Å²) in [6, 6.07) is 7.10. The highest BCUT2D eigenvalue weighted by molar-refractivity contribution is 5.88. The van der Waals surface area contributed by atoms with Crippen molar-refractivity contribution in [3.63, 3.8) is 0 Å². The molecule has 6 heteroatoms. The molecular weight excluding hydrogens is 260 g/mol. The first-order valence-corrected chi connectivity index (χ1v) is 6.19. The lowest BCUT2D eigenvalue weighted by Crippen LogP contribution is -2.23. The standard InChI is InChI=1S/C14H16N2O4/c1-4-20-14(18)10-9-15(2)16(13(10)17)11-7-5-6-8-12(11)19-3/h5-9H,4H2,1-3H3. The minimum atomic E-state index is -0.623. The molecule has 0 fully saturated rings. The molecule has 0 atom stereocenters. The van der Waals surface area contributed by atoms with Gasteiger partial charge in [0, 0.05) is 13.2 Å². The molecular formula is C14H16N2O4. The quantitative estimate of drug-likeness (QED) is 0.791. The van der Waals surface area contributed by atoms with Gasteiger partial charge >= 0.3 is 5.97 Å². The van der Waals surface area contributed by atoms with Crippen LogP contribution < -0.4 is 10.3 Å². The van der Waals surface area contributed by atoms with Gasteiger partial charge in [0.05, 0.1) is 13.7 Å². The third kappa shape index (κ3) is 2.32. The van der Waals surface area contributed by atoms with Crippen molar-refractivity contribution in [1.82, 2.24) is 9.36 Å². The van der Waals surface area contributed by atoms with E-state index in [2.05, 4.69) is 0 Å². The van der Waals surface area contributed by atoms with Crippen LogP contribution >= 0.6 is 0 Å². The average Bonchev–Trinajstić information content (AvgIpc) is 2.74. The predicted molar refractivity (Wildman–Crippen MR) is 73.5 cm³/mol. The number of hydrogen-bond acceptors (Lipinski definition) is 4. The van der Waals surface area contributed by atoms with Gasteiger partial charge in [-0.25, -0.2) is 9.48 Å². The molecule has 0 N–H and O–H groups in total. The van der Waals surface area contributed by atoms with E-state index >= 15 is 0 Å². The van der Waals surface area contributed by atoms with Gasteiger partial charge in [-0.15, -0.1) is 0 Å². The number of para-hydroxylation sites is 2.